The van der Waals surface area contributed by atoms with Crippen LogP contribution in [0.5, 0.6) is 5.75 Å². The Bertz CT molecular complexity index is 998. The van der Waals surface area contributed by atoms with Gasteiger partial charge < -0.3 is 10.1 Å². The second kappa shape index (κ2) is 5.57. The first-order valence-electron chi connectivity index (χ1n) is 7.39. The van der Waals surface area contributed by atoms with Crippen LogP contribution in [0.4, 0.5) is 11.5 Å². The van der Waals surface area contributed by atoms with Crippen molar-refractivity contribution in [1.82, 2.24) is 9.97 Å². The number of pyridine rings is 2. The van der Waals surface area contributed by atoms with Crippen molar-refractivity contribution in [1.29, 1.82) is 0 Å². The summed E-state index contributed by atoms with van der Waals surface area (Å²) in [7, 11) is 1.66. The minimum absolute atomic E-state index is 0.781. The van der Waals surface area contributed by atoms with Crippen molar-refractivity contribution in [2.24, 2.45) is 0 Å². The van der Waals surface area contributed by atoms with Crippen molar-refractivity contribution >= 4 is 33.3 Å². The van der Waals surface area contributed by atoms with Crippen LogP contribution in [0.2, 0.25) is 0 Å². The summed E-state index contributed by atoms with van der Waals surface area (Å²) < 4.78 is 5.38. The lowest BCUT2D eigenvalue weighted by molar-refractivity contribution is 0.415. The van der Waals surface area contributed by atoms with Crippen LogP contribution < -0.4 is 10.1 Å². The maximum absolute atomic E-state index is 5.38. The monoisotopic (exact) mass is 301 g/mol. The molecule has 23 heavy (non-hydrogen) atoms. The van der Waals surface area contributed by atoms with E-state index in [9.17, 15) is 0 Å². The van der Waals surface area contributed by atoms with Gasteiger partial charge in [0.15, 0.2) is 0 Å². The maximum atomic E-state index is 5.38. The summed E-state index contributed by atoms with van der Waals surface area (Å²) in [5, 5.41) is 5.50. The predicted octanol–water partition coefficient (Wildman–Crippen LogP) is 4.54. The molecule has 4 aromatic rings. The first-order valence-corrected chi connectivity index (χ1v) is 7.39. The lowest BCUT2D eigenvalue weighted by Gasteiger charge is -2.11. The molecule has 4 heteroatoms. The standard InChI is InChI=1S/C19H15N3O/c1-23-15-11-14-6-4-10-20-19(14)17(12-15)22-18-9-8-13-5-2-3-7-16(13)21-18/h2-12H,1H3,(H,21,22). The van der Waals surface area contributed by atoms with Gasteiger partial charge in [-0.1, -0.05) is 24.3 Å². The molecule has 0 amide bonds. The topological polar surface area (TPSA) is 47.0 Å². The van der Waals surface area contributed by atoms with E-state index < -0.39 is 0 Å². The Morgan fingerprint density at radius 3 is 2.70 bits per heavy atom. The van der Waals surface area contributed by atoms with E-state index in [1.807, 2.05) is 48.5 Å². The first kappa shape index (κ1) is 13.5. The van der Waals surface area contributed by atoms with Crippen molar-refractivity contribution in [3.05, 3.63) is 66.9 Å². The van der Waals surface area contributed by atoms with E-state index in [0.29, 0.717) is 0 Å². The number of nitrogens with one attached hydrogen (secondary N) is 1. The molecule has 112 valence electrons. The zero-order valence-corrected chi connectivity index (χ0v) is 12.7. The van der Waals surface area contributed by atoms with E-state index in [-0.39, 0.29) is 0 Å². The highest BCUT2D eigenvalue weighted by Crippen LogP contribution is 2.30. The van der Waals surface area contributed by atoms with Crippen molar-refractivity contribution < 1.29 is 4.74 Å². The summed E-state index contributed by atoms with van der Waals surface area (Å²) in [5.41, 5.74) is 2.73. The predicted molar refractivity (Wildman–Crippen MR) is 93.3 cm³/mol. The van der Waals surface area contributed by atoms with Crippen LogP contribution in [0.25, 0.3) is 21.8 Å². The third-order valence-electron chi connectivity index (χ3n) is 3.78. The zero-order chi connectivity index (χ0) is 15.6. The van der Waals surface area contributed by atoms with Crippen molar-refractivity contribution in [2.45, 2.75) is 0 Å². The molecule has 0 saturated carbocycles. The second-order valence-corrected chi connectivity index (χ2v) is 5.26. The number of nitrogens with zero attached hydrogens (tertiary/aromatic N) is 2. The summed E-state index contributed by atoms with van der Waals surface area (Å²) >= 11 is 0. The third-order valence-corrected chi connectivity index (χ3v) is 3.78. The Morgan fingerprint density at radius 1 is 0.913 bits per heavy atom. The van der Waals surface area contributed by atoms with Gasteiger partial charge >= 0.3 is 0 Å². The van der Waals surface area contributed by atoms with E-state index >= 15 is 0 Å². The molecule has 0 spiro atoms. The first-order chi connectivity index (χ1) is 11.3. The number of benzene rings is 2. The minimum atomic E-state index is 0.781. The molecule has 0 aliphatic heterocycles. The fraction of sp³-hybridized carbons (Fsp3) is 0.0526. The van der Waals surface area contributed by atoms with E-state index in [2.05, 4.69) is 27.4 Å². The average Bonchev–Trinajstić information content (AvgIpc) is 2.61. The van der Waals surface area contributed by atoms with Gasteiger partial charge in [0.05, 0.1) is 23.8 Å². The van der Waals surface area contributed by atoms with Crippen molar-refractivity contribution in [3.8, 4) is 5.75 Å². The lowest BCUT2D eigenvalue weighted by Crippen LogP contribution is -1.97. The molecule has 0 atom stereocenters. The van der Waals surface area contributed by atoms with Crippen molar-refractivity contribution in [2.75, 3.05) is 12.4 Å². The SMILES string of the molecule is COc1cc(Nc2ccc3ccccc3n2)c2ncccc2c1. The van der Waals surface area contributed by atoms with E-state index in [4.69, 9.17) is 4.74 Å². The fourth-order valence-electron chi connectivity index (χ4n) is 2.65. The summed E-state index contributed by atoms with van der Waals surface area (Å²) in [4.78, 5) is 9.12. The Labute approximate surface area is 133 Å². The summed E-state index contributed by atoms with van der Waals surface area (Å²) in [6.07, 6.45) is 1.79. The molecule has 2 aromatic heterocycles. The second-order valence-electron chi connectivity index (χ2n) is 5.26. The molecule has 1 N–H and O–H groups in total. The number of fused-ring (bicyclic) bond motifs is 2. The number of hydrogen-bond donors (Lipinski definition) is 1. The third kappa shape index (κ3) is 2.55. The van der Waals surface area contributed by atoms with Gasteiger partial charge in [-0.05, 0) is 30.3 Å². The Balaban J connectivity index is 1.81. The lowest BCUT2D eigenvalue weighted by atomic mass is 10.1. The van der Waals surface area contributed by atoms with Gasteiger partial charge in [-0.15, -0.1) is 0 Å². The Morgan fingerprint density at radius 2 is 1.78 bits per heavy atom. The van der Waals surface area contributed by atoms with Gasteiger partial charge in [-0.2, -0.15) is 0 Å². The molecular formula is C19H15N3O. The van der Waals surface area contributed by atoms with E-state index in [0.717, 1.165) is 39.1 Å². The quantitative estimate of drug-likeness (QED) is 0.603. The van der Waals surface area contributed by atoms with Crippen LogP contribution in [0.15, 0.2) is 66.9 Å². The molecule has 0 aliphatic rings. The number of aromatic nitrogens is 2. The van der Waals surface area contributed by atoms with Crippen LogP contribution in [0.3, 0.4) is 0 Å². The smallest absolute Gasteiger partial charge is 0.131 e. The molecule has 0 saturated heterocycles. The van der Waals surface area contributed by atoms with Crippen LogP contribution in [-0.4, -0.2) is 17.1 Å². The van der Waals surface area contributed by atoms with Gasteiger partial charge in [-0.25, -0.2) is 4.98 Å². The number of ether oxygens (including phenoxy) is 1. The Kier molecular flexibility index (Phi) is 3.27. The van der Waals surface area contributed by atoms with Crippen molar-refractivity contribution in [3.63, 3.8) is 0 Å². The van der Waals surface area contributed by atoms with Gasteiger partial charge in [0.25, 0.3) is 0 Å². The summed E-state index contributed by atoms with van der Waals surface area (Å²) in [6, 6.07) is 19.9. The molecule has 2 heterocycles. The molecule has 0 radical (unpaired) electrons. The minimum Gasteiger partial charge on any atom is -0.497 e. The highest BCUT2D eigenvalue weighted by Gasteiger charge is 2.07. The Hall–Kier alpha value is -3.14. The highest BCUT2D eigenvalue weighted by atomic mass is 16.5. The maximum Gasteiger partial charge on any atom is 0.131 e. The number of hydrogen-bond acceptors (Lipinski definition) is 4. The van der Waals surface area contributed by atoms with Gasteiger partial charge in [0.1, 0.15) is 11.6 Å². The molecular weight excluding hydrogens is 286 g/mol. The summed E-state index contributed by atoms with van der Waals surface area (Å²) in [5.74, 6) is 1.57. The fourth-order valence-corrected chi connectivity index (χ4v) is 2.65. The van der Waals surface area contributed by atoms with Gasteiger partial charge in [0.2, 0.25) is 0 Å². The zero-order valence-electron chi connectivity index (χ0n) is 12.7. The molecule has 4 nitrogen and oxygen atoms in total. The normalized spacial score (nSPS) is 10.8. The number of anilines is 2. The molecule has 0 aliphatic carbocycles. The van der Waals surface area contributed by atoms with E-state index in [1.165, 1.54) is 0 Å². The molecule has 4 rings (SSSR count). The molecule has 0 fully saturated rings. The highest BCUT2D eigenvalue weighted by molar-refractivity contribution is 5.93. The van der Waals surface area contributed by atoms with Gasteiger partial charge in [-0.3, -0.25) is 4.98 Å². The summed E-state index contributed by atoms with van der Waals surface area (Å²) in [6.45, 7) is 0. The number of rotatable bonds is 3. The van der Waals surface area contributed by atoms with Gasteiger partial charge in [0, 0.05) is 23.0 Å². The number of para-hydroxylation sites is 1. The van der Waals surface area contributed by atoms with Crippen LogP contribution in [-0.2, 0) is 0 Å². The van der Waals surface area contributed by atoms with Crippen LogP contribution in [0, 0.1) is 0 Å². The van der Waals surface area contributed by atoms with Crippen LogP contribution in [0.1, 0.15) is 0 Å². The molecule has 0 unspecified atom stereocenters. The number of methoxy groups -OCH3 is 1. The average molecular weight is 301 g/mol. The molecule has 2 aromatic carbocycles. The molecule has 0 bridgehead atoms. The largest absolute Gasteiger partial charge is 0.497 e. The van der Waals surface area contributed by atoms with E-state index in [1.54, 1.807) is 13.3 Å². The van der Waals surface area contributed by atoms with Crippen LogP contribution >= 0.6 is 0 Å².